The molecule has 0 N–H and O–H groups in total. The number of anilines is 1. The van der Waals surface area contributed by atoms with Crippen molar-refractivity contribution in [2.45, 2.75) is 34.6 Å². The van der Waals surface area contributed by atoms with E-state index in [-0.39, 0.29) is 11.3 Å². The number of nitrogens with zero attached hydrogens (tertiary/aromatic N) is 2. The minimum atomic E-state index is 0.0903. The first-order valence-electron chi connectivity index (χ1n) is 9.76. The van der Waals surface area contributed by atoms with E-state index >= 15 is 0 Å². The lowest BCUT2D eigenvalue weighted by Gasteiger charge is -2.37. The molecule has 2 fully saturated rings. The number of rotatable bonds is 5. The van der Waals surface area contributed by atoms with E-state index in [0.29, 0.717) is 18.4 Å². The molecule has 2 aliphatic rings. The first kappa shape index (κ1) is 18.8. The van der Waals surface area contributed by atoms with Crippen LogP contribution in [0, 0.1) is 17.3 Å². The van der Waals surface area contributed by atoms with E-state index in [1.165, 1.54) is 5.57 Å². The molecule has 0 unspecified atom stereocenters. The number of hydrogen-bond donors (Lipinski definition) is 0. The van der Waals surface area contributed by atoms with Crippen molar-refractivity contribution in [3.63, 3.8) is 0 Å². The topological polar surface area (TPSA) is 32.8 Å². The van der Waals surface area contributed by atoms with Gasteiger partial charge in [-0.1, -0.05) is 37.6 Å². The zero-order chi connectivity index (χ0) is 18.9. The number of hydrogen-bond acceptors (Lipinski definition) is 3. The van der Waals surface area contributed by atoms with Crippen LogP contribution in [0.15, 0.2) is 35.9 Å². The van der Waals surface area contributed by atoms with Gasteiger partial charge in [-0.05, 0) is 44.2 Å². The second kappa shape index (κ2) is 7.34. The number of piperazine rings is 1. The van der Waals surface area contributed by atoms with E-state index in [2.05, 4.69) is 49.6 Å². The summed E-state index contributed by atoms with van der Waals surface area (Å²) in [6.45, 7) is 14.6. The molecule has 1 aromatic carbocycles. The third kappa shape index (κ3) is 3.60. The predicted molar refractivity (Wildman–Crippen MR) is 107 cm³/mol. The molecule has 1 amide bonds. The summed E-state index contributed by atoms with van der Waals surface area (Å²) in [4.78, 5) is 17.4. The van der Waals surface area contributed by atoms with Gasteiger partial charge < -0.3 is 14.5 Å². The fraction of sp³-hybridized carbons (Fsp3) is 0.591. The fourth-order valence-electron chi connectivity index (χ4n) is 4.18. The standard InChI is InChI=1S/C22H32N2O2/c1-6-26-19-10-8-7-9-18(19)23-11-13-24(14-12-23)21(25)20-17(15-16(2)3)22(20,4)5/h7-10,15,17,20H,6,11-14H2,1-5H3/t17-,20-/m0/s1. The highest BCUT2D eigenvalue weighted by atomic mass is 16.5. The SMILES string of the molecule is CCOc1ccccc1N1CCN(C(=O)[C@@H]2[C@H](C=C(C)C)C2(C)C)CC1. The number of benzene rings is 1. The molecule has 1 aliphatic heterocycles. The third-order valence-corrected chi connectivity index (χ3v) is 5.79. The molecule has 0 aromatic heterocycles. The summed E-state index contributed by atoms with van der Waals surface area (Å²) >= 11 is 0. The lowest BCUT2D eigenvalue weighted by molar-refractivity contribution is -0.133. The van der Waals surface area contributed by atoms with Crippen LogP contribution in [-0.4, -0.2) is 43.6 Å². The van der Waals surface area contributed by atoms with Crippen LogP contribution in [-0.2, 0) is 4.79 Å². The van der Waals surface area contributed by atoms with E-state index in [1.807, 2.05) is 25.1 Å². The van der Waals surface area contributed by atoms with Crippen molar-refractivity contribution < 1.29 is 9.53 Å². The molecule has 26 heavy (non-hydrogen) atoms. The van der Waals surface area contributed by atoms with Gasteiger partial charge >= 0.3 is 0 Å². The smallest absolute Gasteiger partial charge is 0.226 e. The Balaban J connectivity index is 1.63. The molecule has 4 heteroatoms. The monoisotopic (exact) mass is 356 g/mol. The Morgan fingerprint density at radius 3 is 2.46 bits per heavy atom. The van der Waals surface area contributed by atoms with Gasteiger partial charge in [-0.15, -0.1) is 0 Å². The van der Waals surface area contributed by atoms with Crippen LogP contribution in [0.5, 0.6) is 5.75 Å². The van der Waals surface area contributed by atoms with Crippen molar-refractivity contribution in [2.75, 3.05) is 37.7 Å². The van der Waals surface area contributed by atoms with Crippen molar-refractivity contribution in [1.82, 2.24) is 4.90 Å². The Morgan fingerprint density at radius 2 is 1.85 bits per heavy atom. The van der Waals surface area contributed by atoms with Crippen LogP contribution in [0.1, 0.15) is 34.6 Å². The second-order valence-corrected chi connectivity index (χ2v) is 8.28. The van der Waals surface area contributed by atoms with E-state index < -0.39 is 0 Å². The van der Waals surface area contributed by atoms with E-state index in [1.54, 1.807) is 0 Å². The lowest BCUT2D eigenvalue weighted by Crippen LogP contribution is -2.49. The van der Waals surface area contributed by atoms with Crippen LogP contribution in [0.3, 0.4) is 0 Å². The number of ether oxygens (including phenoxy) is 1. The van der Waals surface area contributed by atoms with Gasteiger partial charge in [-0.2, -0.15) is 0 Å². The molecular weight excluding hydrogens is 324 g/mol. The van der Waals surface area contributed by atoms with Crippen molar-refractivity contribution in [2.24, 2.45) is 17.3 Å². The maximum atomic E-state index is 13.0. The molecule has 1 saturated heterocycles. The molecule has 3 rings (SSSR count). The van der Waals surface area contributed by atoms with Gasteiger partial charge in [0, 0.05) is 26.2 Å². The Morgan fingerprint density at radius 1 is 1.19 bits per heavy atom. The van der Waals surface area contributed by atoms with Crippen LogP contribution in [0.2, 0.25) is 0 Å². The second-order valence-electron chi connectivity index (χ2n) is 8.28. The van der Waals surface area contributed by atoms with E-state index in [0.717, 1.165) is 37.6 Å². The molecule has 2 atom stereocenters. The molecule has 1 saturated carbocycles. The van der Waals surface area contributed by atoms with Gasteiger partial charge in [0.1, 0.15) is 5.75 Å². The Kier molecular flexibility index (Phi) is 5.31. The van der Waals surface area contributed by atoms with Gasteiger partial charge in [-0.25, -0.2) is 0 Å². The first-order chi connectivity index (χ1) is 12.4. The molecule has 4 nitrogen and oxygen atoms in total. The minimum absolute atomic E-state index is 0.0903. The summed E-state index contributed by atoms with van der Waals surface area (Å²) in [5, 5.41) is 0. The Hall–Kier alpha value is -1.97. The van der Waals surface area contributed by atoms with E-state index in [4.69, 9.17) is 4.74 Å². The van der Waals surface area contributed by atoms with Crippen LogP contribution in [0.4, 0.5) is 5.69 Å². The van der Waals surface area contributed by atoms with Crippen molar-refractivity contribution >= 4 is 11.6 Å². The summed E-state index contributed by atoms with van der Waals surface area (Å²) in [7, 11) is 0. The lowest BCUT2D eigenvalue weighted by atomic mass is 10.1. The number of carbonyl (C=O) groups excluding carboxylic acids is 1. The quantitative estimate of drug-likeness (QED) is 0.748. The van der Waals surface area contributed by atoms with Crippen molar-refractivity contribution in [3.8, 4) is 5.75 Å². The molecule has 0 bridgehead atoms. The zero-order valence-corrected chi connectivity index (χ0v) is 16.8. The molecular formula is C22H32N2O2. The van der Waals surface area contributed by atoms with Crippen molar-refractivity contribution in [1.29, 1.82) is 0 Å². The van der Waals surface area contributed by atoms with Gasteiger partial charge in [0.2, 0.25) is 5.91 Å². The highest BCUT2D eigenvalue weighted by Gasteiger charge is 2.61. The largest absolute Gasteiger partial charge is 0.492 e. The summed E-state index contributed by atoms with van der Waals surface area (Å²) in [5.74, 6) is 1.79. The first-order valence-corrected chi connectivity index (χ1v) is 9.76. The fourth-order valence-corrected chi connectivity index (χ4v) is 4.18. The predicted octanol–water partition coefficient (Wildman–Crippen LogP) is 3.97. The Bertz CT molecular complexity index is 683. The van der Waals surface area contributed by atoms with Crippen molar-refractivity contribution in [3.05, 3.63) is 35.9 Å². The average molecular weight is 357 g/mol. The summed E-state index contributed by atoms with van der Waals surface area (Å²) in [6, 6.07) is 8.18. The number of carbonyl (C=O) groups is 1. The van der Waals surface area contributed by atoms with Gasteiger partial charge in [0.05, 0.1) is 18.2 Å². The Labute approximate surface area is 157 Å². The normalized spacial score (nSPS) is 24.2. The average Bonchev–Trinajstić information content (AvgIpc) is 3.14. The number of para-hydroxylation sites is 2. The maximum Gasteiger partial charge on any atom is 0.226 e. The molecule has 0 radical (unpaired) electrons. The highest BCUT2D eigenvalue weighted by molar-refractivity contribution is 5.84. The summed E-state index contributed by atoms with van der Waals surface area (Å²) in [6.07, 6.45) is 2.27. The third-order valence-electron chi connectivity index (χ3n) is 5.79. The molecule has 0 spiro atoms. The minimum Gasteiger partial charge on any atom is -0.492 e. The molecule has 1 heterocycles. The molecule has 1 aliphatic carbocycles. The van der Waals surface area contributed by atoms with Crippen LogP contribution in [0.25, 0.3) is 0 Å². The van der Waals surface area contributed by atoms with Crippen LogP contribution < -0.4 is 9.64 Å². The zero-order valence-electron chi connectivity index (χ0n) is 16.8. The maximum absolute atomic E-state index is 13.0. The number of allylic oxidation sites excluding steroid dienone is 2. The van der Waals surface area contributed by atoms with Gasteiger partial charge in [-0.3, -0.25) is 4.79 Å². The molecule has 1 aromatic rings. The summed E-state index contributed by atoms with van der Waals surface area (Å²) in [5.41, 5.74) is 2.53. The van der Waals surface area contributed by atoms with Gasteiger partial charge in [0.15, 0.2) is 0 Å². The number of amides is 1. The molecule has 142 valence electrons. The van der Waals surface area contributed by atoms with E-state index in [9.17, 15) is 4.79 Å². The highest BCUT2D eigenvalue weighted by Crippen LogP contribution is 2.60. The van der Waals surface area contributed by atoms with Gasteiger partial charge in [0.25, 0.3) is 0 Å². The summed E-state index contributed by atoms with van der Waals surface area (Å²) < 4.78 is 5.76. The van der Waals surface area contributed by atoms with Crippen LogP contribution >= 0.6 is 0 Å².